The van der Waals surface area contributed by atoms with Gasteiger partial charge in [-0.3, -0.25) is 4.72 Å². The Kier molecular flexibility index (Phi) is 5.92. The number of ether oxygens (including phenoxy) is 2. The highest BCUT2D eigenvalue weighted by Crippen LogP contribution is 2.33. The third kappa shape index (κ3) is 4.56. The van der Waals surface area contributed by atoms with E-state index < -0.39 is 10.9 Å². The summed E-state index contributed by atoms with van der Waals surface area (Å²) in [4.78, 5) is 8.59. The van der Waals surface area contributed by atoms with Gasteiger partial charge in [-0.15, -0.1) is 0 Å². The molecule has 9 heteroatoms. The Morgan fingerprint density at radius 1 is 1.04 bits per heavy atom. The predicted octanol–water partition coefficient (Wildman–Crippen LogP) is 2.24. The van der Waals surface area contributed by atoms with E-state index in [0.717, 1.165) is 16.5 Å². The zero-order valence-electron chi connectivity index (χ0n) is 14.9. The number of thiol groups is 1. The summed E-state index contributed by atoms with van der Waals surface area (Å²) < 4.78 is 34.6. The third-order valence-corrected chi connectivity index (χ3v) is 4.43. The van der Waals surface area contributed by atoms with Crippen LogP contribution in [0.5, 0.6) is 11.5 Å². The molecule has 0 atom stereocenters. The molecule has 0 fully saturated rings. The van der Waals surface area contributed by atoms with Crippen molar-refractivity contribution in [2.24, 2.45) is 0 Å². The van der Waals surface area contributed by atoms with Gasteiger partial charge in [0.15, 0.2) is 11.5 Å². The molecular weight excluding hydrogens is 368 g/mol. The molecule has 27 heavy (non-hydrogen) atoms. The van der Waals surface area contributed by atoms with Gasteiger partial charge in [0.25, 0.3) is 0 Å². The van der Waals surface area contributed by atoms with Gasteiger partial charge in [-0.2, -0.15) is 0 Å². The minimum Gasteiger partial charge on any atom is -0.493 e. The van der Waals surface area contributed by atoms with Crippen LogP contribution in [0.25, 0.3) is 10.9 Å². The van der Waals surface area contributed by atoms with Gasteiger partial charge in [0.1, 0.15) is 12.1 Å². The minimum atomic E-state index is -2.67. The highest BCUT2D eigenvalue weighted by Gasteiger charge is 2.10. The van der Waals surface area contributed by atoms with E-state index in [0.29, 0.717) is 36.0 Å². The van der Waals surface area contributed by atoms with E-state index in [1.54, 1.807) is 32.4 Å². The highest BCUT2D eigenvalue weighted by atomic mass is 32.2. The number of nitrogens with zero attached hydrogens (tertiary/aromatic N) is 2. The quantitative estimate of drug-likeness (QED) is 0.509. The smallest absolute Gasteiger partial charge is 0.222 e. The Hall–Kier alpha value is -3.07. The number of nitrogens with one attached hydrogen (secondary N) is 2. The fourth-order valence-electron chi connectivity index (χ4n) is 2.75. The maximum absolute atomic E-state index is 10.8. The fourth-order valence-corrected chi connectivity index (χ4v) is 3.10. The molecule has 142 valence electrons. The van der Waals surface area contributed by atoms with E-state index in [1.807, 2.05) is 18.2 Å². The van der Waals surface area contributed by atoms with Gasteiger partial charge < -0.3 is 14.8 Å². The molecule has 1 heterocycles. The van der Waals surface area contributed by atoms with Crippen molar-refractivity contribution < 1.29 is 17.9 Å². The fraction of sp³-hybridized carbons (Fsp3) is 0.222. The number of anilines is 2. The van der Waals surface area contributed by atoms with E-state index in [2.05, 4.69) is 20.0 Å². The van der Waals surface area contributed by atoms with E-state index in [9.17, 15) is 8.42 Å². The molecule has 0 aliphatic heterocycles. The molecule has 3 rings (SSSR count). The van der Waals surface area contributed by atoms with Crippen LogP contribution in [0.4, 0.5) is 11.5 Å². The Bertz CT molecular complexity index is 1020. The summed E-state index contributed by atoms with van der Waals surface area (Å²) in [7, 11) is 0.488. The Balaban J connectivity index is 1.75. The van der Waals surface area contributed by atoms with Gasteiger partial charge >= 0.3 is 0 Å². The lowest BCUT2D eigenvalue weighted by Gasteiger charge is -2.12. The minimum absolute atomic E-state index is 0.549. The van der Waals surface area contributed by atoms with Crippen molar-refractivity contribution in [3.05, 3.63) is 48.3 Å². The van der Waals surface area contributed by atoms with Crippen molar-refractivity contribution in [1.29, 1.82) is 0 Å². The van der Waals surface area contributed by atoms with Gasteiger partial charge in [0.05, 0.1) is 19.7 Å². The first kappa shape index (κ1) is 18.7. The first-order chi connectivity index (χ1) is 13.1. The van der Waals surface area contributed by atoms with E-state index >= 15 is 0 Å². The second-order valence-corrected chi connectivity index (χ2v) is 6.43. The lowest BCUT2D eigenvalue weighted by atomic mass is 10.1. The molecule has 0 unspecified atom stereocenters. The van der Waals surface area contributed by atoms with Gasteiger partial charge in [-0.25, -0.2) is 18.4 Å². The average molecular weight is 388 g/mol. The number of rotatable bonds is 8. The SMILES string of the molecule is COc1cc2ncnc(NCCc3cccc(N[SH](=O)=O)c3)c2cc1OC. The lowest BCUT2D eigenvalue weighted by molar-refractivity contribution is 0.356. The molecule has 0 saturated heterocycles. The summed E-state index contributed by atoms with van der Waals surface area (Å²) in [5.41, 5.74) is 2.30. The van der Waals surface area contributed by atoms with Crippen LogP contribution in [0.2, 0.25) is 0 Å². The predicted molar refractivity (Wildman–Crippen MR) is 105 cm³/mol. The van der Waals surface area contributed by atoms with Crippen molar-refractivity contribution in [3.63, 3.8) is 0 Å². The molecule has 8 nitrogen and oxygen atoms in total. The second kappa shape index (κ2) is 8.54. The molecule has 0 bridgehead atoms. The summed E-state index contributed by atoms with van der Waals surface area (Å²) in [6.45, 7) is 0.618. The highest BCUT2D eigenvalue weighted by molar-refractivity contribution is 7.73. The maximum atomic E-state index is 10.8. The van der Waals surface area contributed by atoms with Crippen LogP contribution in [-0.2, 0) is 17.3 Å². The zero-order valence-corrected chi connectivity index (χ0v) is 15.8. The van der Waals surface area contributed by atoms with Crippen molar-refractivity contribution >= 4 is 33.3 Å². The molecule has 0 radical (unpaired) electrons. The van der Waals surface area contributed by atoms with Crippen LogP contribution in [0.1, 0.15) is 5.56 Å². The van der Waals surface area contributed by atoms with Crippen LogP contribution in [0, 0.1) is 0 Å². The Morgan fingerprint density at radius 3 is 2.56 bits per heavy atom. The monoisotopic (exact) mass is 388 g/mol. The molecule has 3 aromatic rings. The maximum Gasteiger partial charge on any atom is 0.222 e. The van der Waals surface area contributed by atoms with Crippen LogP contribution >= 0.6 is 0 Å². The molecule has 0 aliphatic carbocycles. The summed E-state index contributed by atoms with van der Waals surface area (Å²) in [5, 5.41) is 4.13. The van der Waals surface area contributed by atoms with Gasteiger partial charge in [0, 0.05) is 23.7 Å². The van der Waals surface area contributed by atoms with Crippen LogP contribution in [-0.4, -0.2) is 39.2 Å². The summed E-state index contributed by atoms with van der Waals surface area (Å²) >= 11 is 0. The molecule has 2 aromatic carbocycles. The summed E-state index contributed by atoms with van der Waals surface area (Å²) in [6, 6.07) is 10.9. The van der Waals surface area contributed by atoms with Gasteiger partial charge in [0.2, 0.25) is 10.9 Å². The van der Waals surface area contributed by atoms with Crippen molar-refractivity contribution in [3.8, 4) is 11.5 Å². The van der Waals surface area contributed by atoms with Gasteiger partial charge in [-0.05, 0) is 30.2 Å². The molecule has 0 amide bonds. The van der Waals surface area contributed by atoms with Crippen LogP contribution < -0.4 is 19.5 Å². The molecular formula is C18H20N4O4S. The second-order valence-electron chi connectivity index (χ2n) is 5.69. The topological polar surface area (TPSA) is 102 Å². The van der Waals surface area contributed by atoms with Gasteiger partial charge in [-0.1, -0.05) is 12.1 Å². The van der Waals surface area contributed by atoms with E-state index in [4.69, 9.17) is 9.47 Å². The number of aromatic nitrogens is 2. The van der Waals surface area contributed by atoms with E-state index in [-0.39, 0.29) is 0 Å². The standard InChI is InChI=1S/C18H20N4O4S/c1-25-16-9-14-15(10-17(16)26-2)20-11-21-18(14)19-7-6-12-4-3-5-13(8-12)22-27(23)24/h3-5,8-11,27H,6-7H2,1-2H3,(H,19,20,21)(H,22,23,24). The van der Waals surface area contributed by atoms with E-state index in [1.165, 1.54) is 6.33 Å². The molecule has 1 aromatic heterocycles. The third-order valence-electron chi connectivity index (χ3n) is 3.99. The number of hydrogen-bond acceptors (Lipinski definition) is 7. The lowest BCUT2D eigenvalue weighted by Crippen LogP contribution is -2.07. The van der Waals surface area contributed by atoms with Crippen molar-refractivity contribution in [2.75, 3.05) is 30.8 Å². The van der Waals surface area contributed by atoms with Crippen molar-refractivity contribution in [2.45, 2.75) is 6.42 Å². The first-order valence-corrected chi connectivity index (χ1v) is 9.39. The Morgan fingerprint density at radius 2 is 1.81 bits per heavy atom. The van der Waals surface area contributed by atoms with Crippen molar-refractivity contribution in [1.82, 2.24) is 9.97 Å². The number of hydrogen-bond donors (Lipinski definition) is 3. The largest absolute Gasteiger partial charge is 0.493 e. The molecule has 2 N–H and O–H groups in total. The zero-order chi connectivity index (χ0) is 19.2. The first-order valence-electron chi connectivity index (χ1n) is 8.21. The summed E-state index contributed by atoms with van der Waals surface area (Å²) in [5.74, 6) is 1.90. The average Bonchev–Trinajstić information content (AvgIpc) is 2.67. The Labute approximate surface area is 158 Å². The molecule has 0 saturated carbocycles. The number of benzene rings is 2. The van der Waals surface area contributed by atoms with Crippen LogP contribution in [0.3, 0.4) is 0 Å². The summed E-state index contributed by atoms with van der Waals surface area (Å²) in [6.07, 6.45) is 2.19. The normalized spacial score (nSPS) is 10.8. The number of methoxy groups -OCH3 is 2. The van der Waals surface area contributed by atoms with Crippen LogP contribution in [0.15, 0.2) is 42.7 Å². The molecule has 0 aliphatic rings. The number of fused-ring (bicyclic) bond motifs is 1. The molecule has 0 spiro atoms.